The monoisotopic (exact) mass is 273 g/mol. The highest BCUT2D eigenvalue weighted by Gasteiger charge is 2.35. The third-order valence-electron chi connectivity index (χ3n) is 4.25. The van der Waals surface area contributed by atoms with E-state index in [2.05, 4.69) is 5.32 Å². The van der Waals surface area contributed by atoms with Crippen LogP contribution in [0.5, 0.6) is 0 Å². The first kappa shape index (κ1) is 13.3. The molecule has 1 aliphatic heterocycles. The van der Waals surface area contributed by atoms with Crippen LogP contribution >= 0.6 is 0 Å². The van der Waals surface area contributed by atoms with Gasteiger partial charge in [0.15, 0.2) is 0 Å². The number of rotatable bonds is 2. The first-order valence-corrected chi connectivity index (χ1v) is 6.93. The molecule has 0 spiro atoms. The van der Waals surface area contributed by atoms with Gasteiger partial charge in [-0.15, -0.1) is 0 Å². The van der Waals surface area contributed by atoms with Crippen LogP contribution in [0.1, 0.15) is 24.0 Å². The van der Waals surface area contributed by atoms with Gasteiger partial charge < -0.3 is 5.32 Å². The maximum atomic E-state index is 13.2. The smallest absolute Gasteiger partial charge is 0.123 e. The zero-order valence-corrected chi connectivity index (χ0v) is 11.2. The van der Waals surface area contributed by atoms with Crippen molar-refractivity contribution in [1.82, 2.24) is 5.32 Å². The van der Waals surface area contributed by atoms with Crippen molar-refractivity contribution < 1.29 is 8.78 Å². The Labute approximate surface area is 117 Å². The molecule has 0 radical (unpaired) electrons. The van der Waals surface area contributed by atoms with Crippen molar-refractivity contribution in [2.75, 3.05) is 13.1 Å². The summed E-state index contributed by atoms with van der Waals surface area (Å²) in [5, 5.41) is 3.35. The standard InChI is InChI=1S/C17H17F2N/c18-15-5-1-13(2-6-15)17(9-11-20-12-10-17)14-3-7-16(19)8-4-14/h1-8,20H,9-12H2. The molecule has 20 heavy (non-hydrogen) atoms. The zero-order valence-electron chi connectivity index (χ0n) is 11.2. The van der Waals surface area contributed by atoms with E-state index in [1.165, 1.54) is 24.3 Å². The molecule has 0 unspecified atom stereocenters. The lowest BCUT2D eigenvalue weighted by Gasteiger charge is -2.39. The molecule has 0 aromatic heterocycles. The van der Waals surface area contributed by atoms with Crippen LogP contribution in [0.3, 0.4) is 0 Å². The van der Waals surface area contributed by atoms with Crippen LogP contribution in [0, 0.1) is 11.6 Å². The second-order valence-electron chi connectivity index (χ2n) is 5.35. The molecular weight excluding hydrogens is 256 g/mol. The molecule has 1 fully saturated rings. The van der Waals surface area contributed by atoms with Gasteiger partial charge in [-0.2, -0.15) is 0 Å². The lowest BCUT2D eigenvalue weighted by atomic mass is 9.68. The molecular formula is C17H17F2N. The third kappa shape index (κ3) is 2.34. The molecule has 1 saturated heterocycles. The van der Waals surface area contributed by atoms with E-state index in [-0.39, 0.29) is 17.0 Å². The summed E-state index contributed by atoms with van der Waals surface area (Å²) in [6.45, 7) is 1.82. The van der Waals surface area contributed by atoms with E-state index < -0.39 is 0 Å². The van der Waals surface area contributed by atoms with Gasteiger partial charge in [0.1, 0.15) is 11.6 Å². The Balaban J connectivity index is 2.08. The van der Waals surface area contributed by atoms with E-state index in [9.17, 15) is 8.78 Å². The second kappa shape index (κ2) is 5.33. The van der Waals surface area contributed by atoms with E-state index in [1.807, 2.05) is 24.3 Å². The Bertz CT molecular complexity index is 521. The van der Waals surface area contributed by atoms with Crippen molar-refractivity contribution in [2.24, 2.45) is 0 Å². The average molecular weight is 273 g/mol. The normalized spacial score (nSPS) is 17.9. The molecule has 104 valence electrons. The summed E-state index contributed by atoms with van der Waals surface area (Å²) in [5.41, 5.74) is 2.06. The Morgan fingerprint density at radius 2 is 1.10 bits per heavy atom. The Morgan fingerprint density at radius 1 is 0.700 bits per heavy atom. The van der Waals surface area contributed by atoms with Crippen LogP contribution in [0.4, 0.5) is 8.78 Å². The quantitative estimate of drug-likeness (QED) is 0.881. The van der Waals surface area contributed by atoms with Gasteiger partial charge in [0, 0.05) is 5.41 Å². The van der Waals surface area contributed by atoms with Gasteiger partial charge in [0.25, 0.3) is 0 Å². The Kier molecular flexibility index (Phi) is 3.53. The van der Waals surface area contributed by atoms with Crippen LogP contribution in [0.25, 0.3) is 0 Å². The number of nitrogens with one attached hydrogen (secondary N) is 1. The van der Waals surface area contributed by atoms with Gasteiger partial charge in [-0.05, 0) is 61.3 Å². The number of benzene rings is 2. The first-order valence-electron chi connectivity index (χ1n) is 6.93. The van der Waals surface area contributed by atoms with Crippen molar-refractivity contribution in [3.05, 3.63) is 71.3 Å². The second-order valence-corrected chi connectivity index (χ2v) is 5.35. The van der Waals surface area contributed by atoms with Gasteiger partial charge in [-0.1, -0.05) is 24.3 Å². The van der Waals surface area contributed by atoms with Crippen molar-refractivity contribution in [3.63, 3.8) is 0 Å². The van der Waals surface area contributed by atoms with Crippen LogP contribution < -0.4 is 5.32 Å². The summed E-state index contributed by atoms with van der Waals surface area (Å²) in [6, 6.07) is 13.4. The van der Waals surface area contributed by atoms with Crippen molar-refractivity contribution >= 4 is 0 Å². The Morgan fingerprint density at radius 3 is 1.50 bits per heavy atom. The predicted molar refractivity (Wildman–Crippen MR) is 75.7 cm³/mol. The minimum atomic E-state index is -0.225. The van der Waals surface area contributed by atoms with Gasteiger partial charge >= 0.3 is 0 Å². The highest BCUT2D eigenvalue weighted by atomic mass is 19.1. The molecule has 0 amide bonds. The molecule has 1 heterocycles. The lowest BCUT2D eigenvalue weighted by Crippen LogP contribution is -2.40. The average Bonchev–Trinajstić information content (AvgIpc) is 2.49. The predicted octanol–water partition coefficient (Wildman–Crippen LogP) is 3.63. The van der Waals surface area contributed by atoms with Gasteiger partial charge in [0.05, 0.1) is 0 Å². The molecule has 0 atom stereocenters. The lowest BCUT2D eigenvalue weighted by molar-refractivity contribution is 0.361. The fraction of sp³-hybridized carbons (Fsp3) is 0.294. The van der Waals surface area contributed by atoms with E-state index in [4.69, 9.17) is 0 Å². The molecule has 1 aliphatic rings. The topological polar surface area (TPSA) is 12.0 Å². The molecule has 3 heteroatoms. The van der Waals surface area contributed by atoms with Crippen molar-refractivity contribution in [2.45, 2.75) is 18.3 Å². The van der Waals surface area contributed by atoms with Gasteiger partial charge in [-0.3, -0.25) is 0 Å². The maximum absolute atomic E-state index is 13.2. The summed E-state index contributed by atoms with van der Waals surface area (Å²) in [5.74, 6) is -0.450. The zero-order chi connectivity index (χ0) is 14.0. The van der Waals surface area contributed by atoms with Gasteiger partial charge in [-0.25, -0.2) is 8.78 Å². The number of piperidine rings is 1. The Hall–Kier alpha value is -1.74. The van der Waals surface area contributed by atoms with E-state index >= 15 is 0 Å². The highest BCUT2D eigenvalue weighted by Crippen LogP contribution is 2.40. The SMILES string of the molecule is Fc1ccc(C2(c3ccc(F)cc3)CCNCC2)cc1. The molecule has 1 N–H and O–H groups in total. The molecule has 2 aromatic carbocycles. The third-order valence-corrected chi connectivity index (χ3v) is 4.25. The fourth-order valence-electron chi connectivity index (χ4n) is 3.14. The highest BCUT2D eigenvalue weighted by molar-refractivity contribution is 5.40. The van der Waals surface area contributed by atoms with Crippen molar-refractivity contribution in [3.8, 4) is 0 Å². The van der Waals surface area contributed by atoms with Crippen LogP contribution in [-0.2, 0) is 5.41 Å². The van der Waals surface area contributed by atoms with Crippen LogP contribution in [0.15, 0.2) is 48.5 Å². The summed E-state index contributed by atoms with van der Waals surface area (Å²) in [7, 11) is 0. The van der Waals surface area contributed by atoms with Crippen LogP contribution in [0.2, 0.25) is 0 Å². The fourth-order valence-corrected chi connectivity index (χ4v) is 3.14. The maximum Gasteiger partial charge on any atom is 0.123 e. The summed E-state index contributed by atoms with van der Waals surface area (Å²) >= 11 is 0. The molecule has 2 aromatic rings. The molecule has 3 rings (SSSR count). The summed E-state index contributed by atoms with van der Waals surface area (Å²) in [4.78, 5) is 0. The van der Waals surface area contributed by atoms with E-state index in [0.717, 1.165) is 37.1 Å². The summed E-state index contributed by atoms with van der Waals surface area (Å²) < 4.78 is 26.3. The first-order chi connectivity index (χ1) is 9.71. The van der Waals surface area contributed by atoms with Gasteiger partial charge in [0.2, 0.25) is 0 Å². The number of hydrogen-bond acceptors (Lipinski definition) is 1. The van der Waals surface area contributed by atoms with Crippen LogP contribution in [-0.4, -0.2) is 13.1 Å². The van der Waals surface area contributed by atoms with E-state index in [0.29, 0.717) is 0 Å². The largest absolute Gasteiger partial charge is 0.317 e. The number of halogens is 2. The minimum absolute atomic E-state index is 0.146. The minimum Gasteiger partial charge on any atom is -0.317 e. The van der Waals surface area contributed by atoms with E-state index in [1.54, 1.807) is 0 Å². The molecule has 1 nitrogen and oxygen atoms in total. The summed E-state index contributed by atoms with van der Waals surface area (Å²) in [6.07, 6.45) is 1.87. The van der Waals surface area contributed by atoms with Crippen molar-refractivity contribution in [1.29, 1.82) is 0 Å². The molecule has 0 bridgehead atoms. The molecule has 0 saturated carbocycles. The number of hydrogen-bond donors (Lipinski definition) is 1. The molecule has 0 aliphatic carbocycles.